The monoisotopic (exact) mass is 357 g/mol. The molecule has 0 atom stereocenters. The lowest BCUT2D eigenvalue weighted by Crippen LogP contribution is -2.57. The number of nitrogens with one attached hydrogen (secondary N) is 1. The van der Waals surface area contributed by atoms with Gasteiger partial charge < -0.3 is 5.32 Å². The van der Waals surface area contributed by atoms with Gasteiger partial charge in [-0.15, -0.1) is 13.2 Å². The summed E-state index contributed by atoms with van der Waals surface area (Å²) in [5.74, 6) is -11.4. The Morgan fingerprint density at radius 1 is 1.05 bits per heavy atom. The van der Waals surface area contributed by atoms with Crippen molar-refractivity contribution in [2.45, 2.75) is 30.4 Å². The summed E-state index contributed by atoms with van der Waals surface area (Å²) in [4.78, 5) is 0. The van der Waals surface area contributed by atoms with Crippen LogP contribution in [0.25, 0.3) is 0 Å². The Kier molecular flexibility index (Phi) is 9.00. The van der Waals surface area contributed by atoms with Gasteiger partial charge in [0, 0.05) is 19.5 Å². The second kappa shape index (κ2) is 8.53. The normalized spacial score (nSPS) is 13.1. The van der Waals surface area contributed by atoms with Crippen molar-refractivity contribution in [1.29, 1.82) is 0 Å². The average molecular weight is 357 g/mol. The zero-order valence-electron chi connectivity index (χ0n) is 11.6. The first-order valence-corrected chi connectivity index (χ1v) is 7.19. The van der Waals surface area contributed by atoms with E-state index >= 15 is 0 Å². The maximum Gasteiger partial charge on any atom is 0.437 e. The molecule has 0 aromatic carbocycles. The van der Waals surface area contributed by atoms with Crippen LogP contribution in [0.5, 0.6) is 0 Å². The molecule has 0 aromatic heterocycles. The maximum absolute atomic E-state index is 12.4. The van der Waals surface area contributed by atoms with E-state index in [1.165, 1.54) is 0 Å². The minimum Gasteiger partial charge on any atom is -0.310 e. The highest BCUT2D eigenvalue weighted by Gasteiger charge is 2.76. The van der Waals surface area contributed by atoms with Crippen molar-refractivity contribution in [2.75, 3.05) is 13.1 Å². The van der Waals surface area contributed by atoms with Gasteiger partial charge in [-0.3, -0.25) is 4.55 Å². The van der Waals surface area contributed by atoms with Gasteiger partial charge >= 0.3 is 27.2 Å². The second-order valence-electron chi connectivity index (χ2n) is 3.86. The molecular formula is C11H17F6NO3S. The Morgan fingerprint density at radius 2 is 1.41 bits per heavy atom. The van der Waals surface area contributed by atoms with Gasteiger partial charge in [0.25, 0.3) is 0 Å². The fraction of sp³-hybridized carbons (Fsp3) is 0.636. The minimum atomic E-state index is -6.62. The van der Waals surface area contributed by atoms with Crippen molar-refractivity contribution in [1.82, 2.24) is 5.32 Å². The van der Waals surface area contributed by atoms with E-state index in [4.69, 9.17) is 4.55 Å². The van der Waals surface area contributed by atoms with Gasteiger partial charge in [-0.05, 0) is 0 Å². The standard InChI is InChI=1S/C6H11N.C5H6F6O3S/c1-3-5-7-6-4-2;1-2-3(6,7)4(8,9)5(10,11)15(12,13)14/h3-4,7H,1-2,5-6H2;2H2,1H3,(H,12,13,14). The summed E-state index contributed by atoms with van der Waals surface area (Å²) in [5.41, 5.74) is 0. The molecule has 0 bridgehead atoms. The Bertz CT molecular complexity index is 456. The van der Waals surface area contributed by atoms with E-state index in [-0.39, 0.29) is 0 Å². The molecule has 0 aliphatic carbocycles. The Hall–Kier alpha value is -1.07. The SMILES string of the molecule is C=CCNCC=C.CCC(F)(F)C(F)(F)C(F)(F)S(=O)(=O)O. The van der Waals surface area contributed by atoms with Crippen molar-refractivity contribution in [2.24, 2.45) is 0 Å². The van der Waals surface area contributed by atoms with E-state index in [0.717, 1.165) is 13.1 Å². The van der Waals surface area contributed by atoms with Crippen LogP contribution in [-0.2, 0) is 10.1 Å². The lowest BCUT2D eigenvalue weighted by molar-refractivity contribution is -0.281. The molecule has 0 fully saturated rings. The van der Waals surface area contributed by atoms with E-state index in [2.05, 4.69) is 18.5 Å². The van der Waals surface area contributed by atoms with Crippen LogP contribution in [0.3, 0.4) is 0 Å². The first-order chi connectivity index (χ1) is 9.72. The van der Waals surface area contributed by atoms with Gasteiger partial charge in [-0.25, -0.2) is 0 Å². The maximum atomic E-state index is 12.4. The predicted molar refractivity (Wildman–Crippen MR) is 69.9 cm³/mol. The summed E-state index contributed by atoms with van der Waals surface area (Å²) < 4.78 is 102. The molecule has 4 nitrogen and oxygen atoms in total. The van der Waals surface area contributed by atoms with E-state index in [1.54, 1.807) is 0 Å². The lowest BCUT2D eigenvalue weighted by Gasteiger charge is -2.29. The Balaban J connectivity index is 0. The van der Waals surface area contributed by atoms with Gasteiger partial charge in [0.15, 0.2) is 0 Å². The number of halogens is 6. The molecule has 0 spiro atoms. The molecule has 0 radical (unpaired) electrons. The third-order valence-electron chi connectivity index (χ3n) is 2.17. The fourth-order valence-electron chi connectivity index (χ4n) is 0.884. The summed E-state index contributed by atoms with van der Waals surface area (Å²) in [6.07, 6.45) is 1.94. The topological polar surface area (TPSA) is 66.4 Å². The van der Waals surface area contributed by atoms with Crippen LogP contribution in [0.4, 0.5) is 26.3 Å². The highest BCUT2D eigenvalue weighted by atomic mass is 32.2. The van der Waals surface area contributed by atoms with E-state index < -0.39 is 33.6 Å². The van der Waals surface area contributed by atoms with Crippen LogP contribution in [0.2, 0.25) is 0 Å². The summed E-state index contributed by atoms with van der Waals surface area (Å²) in [5, 5.41) is -3.19. The van der Waals surface area contributed by atoms with Crippen molar-refractivity contribution >= 4 is 10.1 Å². The van der Waals surface area contributed by atoms with Crippen molar-refractivity contribution in [3.63, 3.8) is 0 Å². The molecule has 0 aliphatic heterocycles. The summed E-state index contributed by atoms with van der Waals surface area (Å²) in [6.45, 7) is 9.27. The van der Waals surface area contributed by atoms with E-state index in [1.807, 2.05) is 12.2 Å². The van der Waals surface area contributed by atoms with Gasteiger partial charge in [-0.2, -0.15) is 34.8 Å². The lowest BCUT2D eigenvalue weighted by atomic mass is 10.1. The first kappa shape index (κ1) is 23.2. The summed E-state index contributed by atoms with van der Waals surface area (Å²) >= 11 is 0. The predicted octanol–water partition coefficient (Wildman–Crippen LogP) is 3.10. The zero-order chi connectivity index (χ0) is 18.2. The molecule has 0 aromatic rings. The molecule has 0 saturated heterocycles. The quantitative estimate of drug-likeness (QED) is 0.303. The second-order valence-corrected chi connectivity index (χ2v) is 5.32. The Labute approximate surface area is 124 Å². The smallest absolute Gasteiger partial charge is 0.310 e. The van der Waals surface area contributed by atoms with Crippen LogP contribution < -0.4 is 5.32 Å². The van der Waals surface area contributed by atoms with Crippen molar-refractivity contribution in [3.05, 3.63) is 25.3 Å². The minimum absolute atomic E-state index is 0.466. The van der Waals surface area contributed by atoms with Crippen molar-refractivity contribution in [3.8, 4) is 0 Å². The molecule has 0 saturated carbocycles. The largest absolute Gasteiger partial charge is 0.437 e. The third kappa shape index (κ3) is 5.61. The van der Waals surface area contributed by atoms with Gasteiger partial charge in [0.05, 0.1) is 0 Å². The molecule has 0 amide bonds. The van der Waals surface area contributed by atoms with Gasteiger partial charge in [0.2, 0.25) is 0 Å². The molecule has 0 aliphatic rings. The zero-order valence-corrected chi connectivity index (χ0v) is 12.4. The summed E-state index contributed by atoms with van der Waals surface area (Å²) in [6, 6.07) is 0. The highest BCUT2D eigenvalue weighted by Crippen LogP contribution is 2.49. The van der Waals surface area contributed by atoms with Crippen LogP contribution in [0, 0.1) is 0 Å². The molecule has 0 heterocycles. The summed E-state index contributed by atoms with van der Waals surface area (Å²) in [7, 11) is -6.62. The average Bonchev–Trinajstić information content (AvgIpc) is 2.38. The molecule has 11 heteroatoms. The van der Waals surface area contributed by atoms with E-state index in [0.29, 0.717) is 6.92 Å². The Morgan fingerprint density at radius 3 is 1.64 bits per heavy atom. The first-order valence-electron chi connectivity index (χ1n) is 5.75. The van der Waals surface area contributed by atoms with Crippen molar-refractivity contribution < 1.29 is 39.3 Å². The fourth-order valence-corrected chi connectivity index (χ4v) is 1.36. The molecule has 22 heavy (non-hydrogen) atoms. The number of hydrogen-bond donors (Lipinski definition) is 2. The highest BCUT2D eigenvalue weighted by molar-refractivity contribution is 7.87. The molecule has 2 N–H and O–H groups in total. The van der Waals surface area contributed by atoms with Gasteiger partial charge in [0.1, 0.15) is 0 Å². The number of hydrogen-bond acceptors (Lipinski definition) is 3. The van der Waals surface area contributed by atoms with Crippen LogP contribution in [-0.4, -0.2) is 43.2 Å². The van der Waals surface area contributed by atoms with Crippen LogP contribution in [0.1, 0.15) is 13.3 Å². The third-order valence-corrected chi connectivity index (χ3v) is 3.07. The van der Waals surface area contributed by atoms with Gasteiger partial charge in [-0.1, -0.05) is 19.1 Å². The van der Waals surface area contributed by atoms with Crippen LogP contribution >= 0.6 is 0 Å². The molecule has 0 rings (SSSR count). The van der Waals surface area contributed by atoms with E-state index in [9.17, 15) is 34.8 Å². The molecule has 0 unspecified atom stereocenters. The molecule has 132 valence electrons. The number of rotatable bonds is 8. The molecular weight excluding hydrogens is 340 g/mol. The number of alkyl halides is 6. The van der Waals surface area contributed by atoms with Crippen LogP contribution in [0.15, 0.2) is 25.3 Å².